The molecule has 28 heavy (non-hydrogen) atoms. The number of rotatable bonds is 6. The Morgan fingerprint density at radius 3 is 2.43 bits per heavy atom. The second-order valence-corrected chi connectivity index (χ2v) is 9.11. The quantitative estimate of drug-likeness (QED) is 0.762. The van der Waals surface area contributed by atoms with Crippen LogP contribution in [0.15, 0.2) is 40.6 Å². The van der Waals surface area contributed by atoms with Gasteiger partial charge >= 0.3 is 5.76 Å². The number of ether oxygens (including phenoxy) is 1. The Hall–Kier alpha value is -2.04. The first-order valence-electron chi connectivity index (χ1n) is 8.64. The third-order valence-corrected chi connectivity index (χ3v) is 6.96. The maximum Gasteiger partial charge on any atom is 0.341 e. The number of carbonyl (C=O) groups is 1. The number of alkyl halides is 2. The summed E-state index contributed by atoms with van der Waals surface area (Å²) in [7, 11) is -4.83. The van der Waals surface area contributed by atoms with Crippen LogP contribution >= 0.6 is 11.3 Å². The Balaban J connectivity index is 1.71. The molecule has 1 aliphatic heterocycles. The number of amides is 1. The molecule has 2 heterocycles. The lowest BCUT2D eigenvalue weighted by molar-refractivity contribution is 0.0941. The van der Waals surface area contributed by atoms with E-state index in [1.165, 1.54) is 5.38 Å². The predicted molar refractivity (Wildman–Crippen MR) is 103 cm³/mol. The number of benzene rings is 1. The molecule has 0 bridgehead atoms. The molecule has 0 aliphatic carbocycles. The van der Waals surface area contributed by atoms with Crippen molar-refractivity contribution in [2.75, 3.05) is 31.2 Å². The third-order valence-electron chi connectivity index (χ3n) is 4.49. The lowest BCUT2D eigenvalue weighted by Crippen LogP contribution is -2.36. The highest BCUT2D eigenvalue weighted by atomic mass is 32.2. The van der Waals surface area contributed by atoms with E-state index >= 15 is 0 Å². The zero-order valence-corrected chi connectivity index (χ0v) is 16.7. The molecule has 2 aromatic rings. The summed E-state index contributed by atoms with van der Waals surface area (Å²) >= 11 is 0.817. The molecule has 1 saturated heterocycles. The topological polar surface area (TPSA) is 75.7 Å². The zero-order chi connectivity index (χ0) is 20.3. The van der Waals surface area contributed by atoms with E-state index in [9.17, 15) is 22.0 Å². The molecule has 1 unspecified atom stereocenters. The molecule has 0 spiro atoms. The van der Waals surface area contributed by atoms with Crippen LogP contribution in [0.1, 0.15) is 28.2 Å². The fraction of sp³-hybridized carbons (Fsp3) is 0.389. The maximum absolute atomic E-state index is 12.8. The van der Waals surface area contributed by atoms with E-state index in [4.69, 9.17) is 4.74 Å². The summed E-state index contributed by atoms with van der Waals surface area (Å²) in [4.78, 5) is 13.8. The standard InChI is InChI=1S/C18H20F2N2O4S2/c1-12(13-2-4-14(5-3-13)22-7-9-26-10-8-22)21-17(23)16-15(6-11-27-16)28(24,25)18(19)20/h2-6,11-12,18H,7-10H2,1H3,(H,21,23). The number of hydrogen-bond donors (Lipinski definition) is 1. The highest BCUT2D eigenvalue weighted by Crippen LogP contribution is 2.27. The van der Waals surface area contributed by atoms with E-state index in [1.54, 1.807) is 6.92 Å². The van der Waals surface area contributed by atoms with E-state index in [0.717, 1.165) is 41.7 Å². The van der Waals surface area contributed by atoms with Crippen LogP contribution in [0.3, 0.4) is 0 Å². The second-order valence-electron chi connectivity index (χ2n) is 6.31. The van der Waals surface area contributed by atoms with E-state index in [0.29, 0.717) is 13.2 Å². The molecule has 1 aliphatic rings. The molecular formula is C18H20F2N2O4S2. The van der Waals surface area contributed by atoms with Gasteiger partial charge in [-0.25, -0.2) is 8.42 Å². The van der Waals surface area contributed by atoms with Gasteiger partial charge in [-0.3, -0.25) is 4.79 Å². The summed E-state index contributed by atoms with van der Waals surface area (Å²) in [6.07, 6.45) is 0. The summed E-state index contributed by atoms with van der Waals surface area (Å²) < 4.78 is 54.4. The molecule has 1 fully saturated rings. The van der Waals surface area contributed by atoms with Gasteiger partial charge in [0.2, 0.25) is 9.84 Å². The van der Waals surface area contributed by atoms with Crippen LogP contribution in [0.5, 0.6) is 0 Å². The highest BCUT2D eigenvalue weighted by Gasteiger charge is 2.32. The molecule has 1 aromatic carbocycles. The number of hydrogen-bond acceptors (Lipinski definition) is 6. The van der Waals surface area contributed by atoms with E-state index in [1.807, 2.05) is 24.3 Å². The predicted octanol–water partition coefficient (Wildman–Crippen LogP) is 3.07. The average molecular weight is 430 g/mol. The van der Waals surface area contributed by atoms with E-state index in [-0.39, 0.29) is 4.88 Å². The van der Waals surface area contributed by atoms with Crippen molar-refractivity contribution in [3.05, 3.63) is 46.2 Å². The molecule has 10 heteroatoms. The minimum atomic E-state index is -4.83. The Bertz CT molecular complexity index is 923. The van der Waals surface area contributed by atoms with Crippen LogP contribution in [0.2, 0.25) is 0 Å². The molecule has 6 nitrogen and oxygen atoms in total. The van der Waals surface area contributed by atoms with Crippen LogP contribution in [-0.2, 0) is 14.6 Å². The summed E-state index contributed by atoms with van der Waals surface area (Å²) in [6, 6.07) is 8.25. The number of sulfone groups is 1. The average Bonchev–Trinajstić information content (AvgIpc) is 3.19. The third kappa shape index (κ3) is 4.34. The van der Waals surface area contributed by atoms with E-state index in [2.05, 4.69) is 10.2 Å². The van der Waals surface area contributed by atoms with Crippen molar-refractivity contribution in [1.29, 1.82) is 0 Å². The van der Waals surface area contributed by atoms with Gasteiger partial charge in [-0.15, -0.1) is 11.3 Å². The van der Waals surface area contributed by atoms with Crippen molar-refractivity contribution in [2.24, 2.45) is 0 Å². The minimum absolute atomic E-state index is 0.239. The van der Waals surface area contributed by atoms with Crippen LogP contribution in [0.25, 0.3) is 0 Å². The number of thiophene rings is 1. The lowest BCUT2D eigenvalue weighted by Gasteiger charge is -2.29. The van der Waals surface area contributed by atoms with Gasteiger partial charge in [-0.05, 0) is 36.1 Å². The van der Waals surface area contributed by atoms with Gasteiger partial charge in [0, 0.05) is 18.8 Å². The monoisotopic (exact) mass is 430 g/mol. The van der Waals surface area contributed by atoms with Gasteiger partial charge < -0.3 is 15.0 Å². The first kappa shape index (κ1) is 20.7. The molecule has 152 valence electrons. The number of halogens is 2. The maximum atomic E-state index is 12.8. The number of morpholine rings is 1. The van der Waals surface area contributed by atoms with Crippen LogP contribution in [0.4, 0.5) is 14.5 Å². The fourth-order valence-corrected chi connectivity index (χ4v) is 4.99. The van der Waals surface area contributed by atoms with Crippen molar-refractivity contribution < 1.29 is 26.7 Å². The second kappa shape index (κ2) is 8.54. The van der Waals surface area contributed by atoms with Gasteiger partial charge in [-0.2, -0.15) is 8.78 Å². The smallest absolute Gasteiger partial charge is 0.341 e. The first-order chi connectivity index (χ1) is 13.3. The molecule has 1 atom stereocenters. The highest BCUT2D eigenvalue weighted by molar-refractivity contribution is 7.92. The number of nitrogens with zero attached hydrogens (tertiary/aromatic N) is 1. The first-order valence-corrected chi connectivity index (χ1v) is 11.1. The summed E-state index contributed by atoms with van der Waals surface area (Å²) in [6.45, 7) is 4.73. The molecule has 0 saturated carbocycles. The Morgan fingerprint density at radius 2 is 1.82 bits per heavy atom. The molecular weight excluding hydrogens is 410 g/mol. The lowest BCUT2D eigenvalue weighted by atomic mass is 10.1. The molecule has 1 aromatic heterocycles. The van der Waals surface area contributed by atoms with Crippen LogP contribution in [-0.4, -0.2) is 46.4 Å². The van der Waals surface area contributed by atoms with Crippen molar-refractivity contribution >= 4 is 32.8 Å². The number of anilines is 1. The Morgan fingerprint density at radius 1 is 1.18 bits per heavy atom. The van der Waals surface area contributed by atoms with Gasteiger partial charge in [0.05, 0.1) is 24.2 Å². The molecule has 0 radical (unpaired) electrons. The molecule has 3 rings (SSSR count). The summed E-state index contributed by atoms with van der Waals surface area (Å²) in [5.41, 5.74) is 1.87. The van der Waals surface area contributed by atoms with Crippen molar-refractivity contribution in [3.63, 3.8) is 0 Å². The molecule has 1 amide bonds. The van der Waals surface area contributed by atoms with Crippen molar-refractivity contribution in [2.45, 2.75) is 23.6 Å². The largest absolute Gasteiger partial charge is 0.378 e. The minimum Gasteiger partial charge on any atom is -0.378 e. The van der Waals surface area contributed by atoms with Crippen LogP contribution in [0, 0.1) is 0 Å². The number of nitrogens with one attached hydrogen (secondary N) is 1. The molecule has 1 N–H and O–H groups in total. The van der Waals surface area contributed by atoms with Crippen LogP contribution < -0.4 is 10.2 Å². The van der Waals surface area contributed by atoms with Gasteiger partial charge in [0.1, 0.15) is 4.88 Å². The van der Waals surface area contributed by atoms with Crippen molar-refractivity contribution in [3.8, 4) is 0 Å². The number of carbonyl (C=O) groups excluding carboxylic acids is 1. The van der Waals surface area contributed by atoms with Gasteiger partial charge in [-0.1, -0.05) is 12.1 Å². The summed E-state index contributed by atoms with van der Waals surface area (Å²) in [5, 5.41) is 3.99. The fourth-order valence-electron chi connectivity index (χ4n) is 2.92. The normalized spacial score (nSPS) is 16.2. The van der Waals surface area contributed by atoms with Gasteiger partial charge in [0.15, 0.2) is 0 Å². The Labute approximate surface area is 166 Å². The Kier molecular flexibility index (Phi) is 6.31. The SMILES string of the molecule is CC(NC(=O)c1sccc1S(=O)(=O)C(F)F)c1ccc(N2CCOCC2)cc1. The van der Waals surface area contributed by atoms with E-state index < -0.39 is 32.4 Å². The zero-order valence-electron chi connectivity index (χ0n) is 15.1. The van der Waals surface area contributed by atoms with Gasteiger partial charge in [0.25, 0.3) is 5.91 Å². The van der Waals surface area contributed by atoms with Crippen molar-refractivity contribution in [1.82, 2.24) is 5.32 Å². The summed E-state index contributed by atoms with van der Waals surface area (Å²) in [5.74, 6) is -4.27.